The zero-order valence-corrected chi connectivity index (χ0v) is 18.1. The van der Waals surface area contributed by atoms with Gasteiger partial charge in [-0.25, -0.2) is 0 Å². The second-order valence-corrected chi connectivity index (χ2v) is 8.92. The van der Waals surface area contributed by atoms with E-state index in [1.165, 1.54) is 24.0 Å². The van der Waals surface area contributed by atoms with Gasteiger partial charge in [0.2, 0.25) is 5.91 Å². The lowest BCUT2D eigenvalue weighted by atomic mass is 10.0. The minimum Gasteiger partial charge on any atom is -0.508 e. The van der Waals surface area contributed by atoms with Crippen LogP contribution in [0.5, 0.6) is 5.75 Å². The lowest BCUT2D eigenvalue weighted by Gasteiger charge is -2.37. The third-order valence-electron chi connectivity index (χ3n) is 6.28. The van der Waals surface area contributed by atoms with Gasteiger partial charge >= 0.3 is 0 Å². The number of aromatic hydroxyl groups is 1. The number of hydrogen-bond acceptors (Lipinski definition) is 4. The van der Waals surface area contributed by atoms with Crippen LogP contribution in [0.3, 0.4) is 0 Å². The molecule has 0 radical (unpaired) electrons. The summed E-state index contributed by atoms with van der Waals surface area (Å²) in [5.74, 6) is 1.07. The number of carbonyl (C=O) groups is 1. The predicted molar refractivity (Wildman–Crippen MR) is 121 cm³/mol. The van der Waals surface area contributed by atoms with E-state index in [0.717, 1.165) is 38.4 Å². The Kier molecular flexibility index (Phi) is 6.28. The molecule has 0 aromatic heterocycles. The molecule has 2 aliphatic rings. The number of benzene rings is 2. The maximum Gasteiger partial charge on any atom is 0.236 e. The van der Waals surface area contributed by atoms with Crippen LogP contribution in [-0.2, 0) is 11.3 Å². The number of amides is 1. The molecule has 1 aliphatic heterocycles. The first-order valence-corrected chi connectivity index (χ1v) is 11.1. The highest BCUT2D eigenvalue weighted by atomic mass is 16.3. The van der Waals surface area contributed by atoms with Crippen molar-refractivity contribution in [2.75, 3.05) is 37.6 Å². The topological polar surface area (TPSA) is 47.0 Å². The third kappa shape index (κ3) is 5.14. The van der Waals surface area contributed by atoms with Crippen molar-refractivity contribution in [1.82, 2.24) is 9.80 Å². The average Bonchev–Trinajstić information content (AvgIpc) is 3.60. The van der Waals surface area contributed by atoms with Crippen LogP contribution in [0.2, 0.25) is 0 Å². The van der Waals surface area contributed by atoms with E-state index in [9.17, 15) is 9.90 Å². The molecular weight excluding hydrogens is 374 g/mol. The Morgan fingerprint density at radius 1 is 1.00 bits per heavy atom. The molecule has 4 rings (SSSR count). The molecule has 0 bridgehead atoms. The van der Waals surface area contributed by atoms with Crippen LogP contribution in [0.25, 0.3) is 0 Å². The van der Waals surface area contributed by atoms with Crippen LogP contribution in [0, 0.1) is 0 Å². The van der Waals surface area contributed by atoms with Gasteiger partial charge in [0, 0.05) is 44.5 Å². The molecule has 2 fully saturated rings. The fourth-order valence-corrected chi connectivity index (χ4v) is 4.15. The number of hydrogen-bond donors (Lipinski definition) is 1. The Hall–Kier alpha value is -2.53. The van der Waals surface area contributed by atoms with E-state index in [0.29, 0.717) is 18.5 Å². The van der Waals surface area contributed by atoms with Crippen molar-refractivity contribution in [2.45, 2.75) is 45.2 Å². The summed E-state index contributed by atoms with van der Waals surface area (Å²) in [4.78, 5) is 19.6. The normalized spacial score (nSPS) is 17.1. The Bertz CT molecular complexity index is 836. The van der Waals surface area contributed by atoms with Crippen molar-refractivity contribution < 1.29 is 9.90 Å². The summed E-state index contributed by atoms with van der Waals surface area (Å²) >= 11 is 0. The maximum atomic E-state index is 13.0. The summed E-state index contributed by atoms with van der Waals surface area (Å²) in [5.41, 5.74) is 3.75. The van der Waals surface area contributed by atoms with Gasteiger partial charge in [-0.3, -0.25) is 9.69 Å². The maximum absolute atomic E-state index is 13.0. The van der Waals surface area contributed by atoms with Crippen molar-refractivity contribution in [3.05, 3.63) is 59.7 Å². The van der Waals surface area contributed by atoms with Crippen LogP contribution in [0.15, 0.2) is 48.5 Å². The lowest BCUT2D eigenvalue weighted by molar-refractivity contribution is -0.133. The highest BCUT2D eigenvalue weighted by molar-refractivity contribution is 5.78. The molecule has 1 saturated heterocycles. The molecule has 0 spiro atoms. The Balaban J connectivity index is 1.31. The number of piperazine rings is 1. The molecular formula is C25H33N3O2. The second-order valence-electron chi connectivity index (χ2n) is 8.92. The molecule has 5 heteroatoms. The molecule has 2 aromatic rings. The van der Waals surface area contributed by atoms with Gasteiger partial charge in [0.1, 0.15) is 5.75 Å². The molecule has 1 heterocycles. The Labute approximate surface area is 179 Å². The number of anilines is 1. The average molecular weight is 408 g/mol. The van der Waals surface area contributed by atoms with Gasteiger partial charge < -0.3 is 14.9 Å². The molecule has 1 amide bonds. The van der Waals surface area contributed by atoms with Crippen molar-refractivity contribution in [3.8, 4) is 5.75 Å². The highest BCUT2D eigenvalue weighted by Gasteiger charge is 2.32. The molecule has 1 aliphatic carbocycles. The molecule has 30 heavy (non-hydrogen) atoms. The quantitative estimate of drug-likeness (QED) is 0.758. The highest BCUT2D eigenvalue weighted by Crippen LogP contribution is 2.29. The van der Waals surface area contributed by atoms with E-state index < -0.39 is 0 Å². The first kappa shape index (κ1) is 20.7. The number of nitrogens with zero attached hydrogens (tertiary/aromatic N) is 3. The summed E-state index contributed by atoms with van der Waals surface area (Å²) in [6, 6.07) is 16.7. The standard InChI is InChI=1S/C25H33N3O2/c1-19(2)21-5-3-20(4-6-21)17-28(23-7-8-23)18-25(30)27-15-13-26(14-16-27)22-9-11-24(29)12-10-22/h3-6,9-12,19,23,29H,7-8,13-18H2,1-2H3. The monoisotopic (exact) mass is 407 g/mol. The van der Waals surface area contributed by atoms with Crippen LogP contribution in [0.1, 0.15) is 43.7 Å². The number of phenols is 1. The molecule has 0 unspecified atom stereocenters. The van der Waals surface area contributed by atoms with Gasteiger partial charge in [-0.2, -0.15) is 0 Å². The van der Waals surface area contributed by atoms with E-state index >= 15 is 0 Å². The minimum atomic E-state index is 0.242. The van der Waals surface area contributed by atoms with Gasteiger partial charge in [0.05, 0.1) is 6.54 Å². The molecule has 5 nitrogen and oxygen atoms in total. The number of phenolic OH excluding ortho intramolecular Hbond substituents is 1. The largest absolute Gasteiger partial charge is 0.508 e. The van der Waals surface area contributed by atoms with Crippen LogP contribution in [-0.4, -0.2) is 59.6 Å². The van der Waals surface area contributed by atoms with E-state index in [2.05, 4.69) is 47.9 Å². The SMILES string of the molecule is CC(C)c1ccc(CN(CC(=O)N2CCN(c3ccc(O)cc3)CC2)C2CC2)cc1. The second kappa shape index (κ2) is 9.09. The minimum absolute atomic E-state index is 0.242. The van der Waals surface area contributed by atoms with E-state index in [4.69, 9.17) is 0 Å². The van der Waals surface area contributed by atoms with Crippen molar-refractivity contribution in [1.29, 1.82) is 0 Å². The Morgan fingerprint density at radius 3 is 2.20 bits per heavy atom. The summed E-state index contributed by atoms with van der Waals surface area (Å²) in [6.45, 7) is 8.95. The molecule has 1 N–H and O–H groups in total. The van der Waals surface area contributed by atoms with Gasteiger partial charge in [-0.1, -0.05) is 38.1 Å². The zero-order chi connectivity index (χ0) is 21.1. The van der Waals surface area contributed by atoms with E-state index in [1.54, 1.807) is 12.1 Å². The molecule has 2 aromatic carbocycles. The van der Waals surface area contributed by atoms with E-state index in [-0.39, 0.29) is 11.7 Å². The number of carbonyl (C=O) groups excluding carboxylic acids is 1. The van der Waals surface area contributed by atoms with Crippen LogP contribution in [0.4, 0.5) is 5.69 Å². The van der Waals surface area contributed by atoms with Crippen LogP contribution < -0.4 is 4.90 Å². The fourth-order valence-electron chi connectivity index (χ4n) is 4.15. The Morgan fingerprint density at radius 2 is 1.63 bits per heavy atom. The van der Waals surface area contributed by atoms with Crippen molar-refractivity contribution in [3.63, 3.8) is 0 Å². The zero-order valence-electron chi connectivity index (χ0n) is 18.1. The van der Waals surface area contributed by atoms with Gasteiger partial charge in [0.25, 0.3) is 0 Å². The molecule has 1 saturated carbocycles. The summed E-state index contributed by atoms with van der Waals surface area (Å²) in [5, 5.41) is 9.47. The van der Waals surface area contributed by atoms with Crippen LogP contribution >= 0.6 is 0 Å². The fraction of sp³-hybridized carbons (Fsp3) is 0.480. The lowest BCUT2D eigenvalue weighted by Crippen LogP contribution is -2.51. The van der Waals surface area contributed by atoms with Gasteiger partial charge in [-0.15, -0.1) is 0 Å². The third-order valence-corrected chi connectivity index (χ3v) is 6.28. The predicted octanol–water partition coefficient (Wildman–Crippen LogP) is 3.83. The van der Waals surface area contributed by atoms with Crippen molar-refractivity contribution in [2.24, 2.45) is 0 Å². The smallest absolute Gasteiger partial charge is 0.236 e. The molecule has 160 valence electrons. The van der Waals surface area contributed by atoms with Gasteiger partial charge in [0.15, 0.2) is 0 Å². The summed E-state index contributed by atoms with van der Waals surface area (Å²) in [7, 11) is 0. The van der Waals surface area contributed by atoms with Crippen molar-refractivity contribution >= 4 is 11.6 Å². The first-order chi connectivity index (χ1) is 14.5. The van der Waals surface area contributed by atoms with E-state index in [1.807, 2.05) is 17.0 Å². The molecule has 0 atom stereocenters. The number of rotatable bonds is 7. The first-order valence-electron chi connectivity index (χ1n) is 11.1. The summed E-state index contributed by atoms with van der Waals surface area (Å²) < 4.78 is 0. The van der Waals surface area contributed by atoms with Gasteiger partial charge in [-0.05, 0) is 54.2 Å². The summed E-state index contributed by atoms with van der Waals surface area (Å²) in [6.07, 6.45) is 2.40.